The first-order valence-corrected chi connectivity index (χ1v) is 9.56. The average molecular weight is 342 g/mol. The summed E-state index contributed by atoms with van der Waals surface area (Å²) >= 11 is 1.82. The Morgan fingerprint density at radius 2 is 2.33 bits per heavy atom. The van der Waals surface area contributed by atoms with Crippen molar-refractivity contribution in [3.63, 3.8) is 0 Å². The number of ether oxygens (including phenoxy) is 1. The van der Waals surface area contributed by atoms with E-state index in [1.54, 1.807) is 7.11 Å². The zero-order valence-electron chi connectivity index (χ0n) is 13.9. The van der Waals surface area contributed by atoms with Gasteiger partial charge in [0.25, 0.3) is 0 Å². The van der Waals surface area contributed by atoms with Gasteiger partial charge in [-0.3, -0.25) is 4.79 Å². The van der Waals surface area contributed by atoms with Gasteiger partial charge >= 0.3 is 0 Å². The third-order valence-corrected chi connectivity index (χ3v) is 6.32. The van der Waals surface area contributed by atoms with Gasteiger partial charge in [-0.05, 0) is 48.8 Å². The van der Waals surface area contributed by atoms with Crippen LogP contribution < -0.4 is 4.74 Å². The molecular weight excluding hydrogens is 320 g/mol. The van der Waals surface area contributed by atoms with Crippen LogP contribution >= 0.6 is 11.8 Å². The van der Waals surface area contributed by atoms with E-state index in [4.69, 9.17) is 4.74 Å². The Hall–Kier alpha value is -1.88. The SMILES string of the molecule is COc1ccc2[nH]cc(C3=CCN(C(=O)[C@H]4CCCS4)CC3)c2c1. The van der Waals surface area contributed by atoms with Crippen LogP contribution in [0.3, 0.4) is 0 Å². The Balaban J connectivity index is 1.54. The third-order valence-electron chi connectivity index (χ3n) is 4.96. The maximum Gasteiger partial charge on any atom is 0.235 e. The van der Waals surface area contributed by atoms with Crippen LogP contribution in [-0.4, -0.2) is 47.0 Å². The van der Waals surface area contributed by atoms with Gasteiger partial charge in [0.2, 0.25) is 5.91 Å². The lowest BCUT2D eigenvalue weighted by Gasteiger charge is -2.28. The van der Waals surface area contributed by atoms with Crippen LogP contribution in [0.15, 0.2) is 30.5 Å². The van der Waals surface area contributed by atoms with E-state index < -0.39 is 0 Å². The number of aromatic nitrogens is 1. The Bertz CT molecular complexity index is 790. The first-order chi connectivity index (χ1) is 11.8. The number of benzene rings is 1. The number of nitrogens with zero attached hydrogens (tertiary/aromatic N) is 1. The first-order valence-electron chi connectivity index (χ1n) is 8.51. The molecule has 1 aromatic carbocycles. The molecule has 0 saturated carbocycles. The fourth-order valence-corrected chi connectivity index (χ4v) is 4.83. The maximum atomic E-state index is 12.5. The molecule has 4 rings (SSSR count). The summed E-state index contributed by atoms with van der Waals surface area (Å²) in [7, 11) is 1.69. The van der Waals surface area contributed by atoms with E-state index in [0.717, 1.165) is 43.0 Å². The molecule has 2 aromatic rings. The molecule has 1 saturated heterocycles. The molecule has 24 heavy (non-hydrogen) atoms. The van der Waals surface area contributed by atoms with Gasteiger partial charge in [-0.25, -0.2) is 0 Å². The molecule has 1 atom stereocenters. The molecule has 3 heterocycles. The van der Waals surface area contributed by atoms with Crippen molar-refractivity contribution in [2.24, 2.45) is 0 Å². The fraction of sp³-hybridized carbons (Fsp3) is 0.421. The summed E-state index contributed by atoms with van der Waals surface area (Å²) in [6.07, 6.45) is 7.41. The van der Waals surface area contributed by atoms with Crippen LogP contribution in [0.2, 0.25) is 0 Å². The molecule has 1 amide bonds. The summed E-state index contributed by atoms with van der Waals surface area (Å²) in [4.78, 5) is 17.9. The van der Waals surface area contributed by atoms with Crippen molar-refractivity contribution in [3.8, 4) is 5.75 Å². The zero-order valence-corrected chi connectivity index (χ0v) is 14.7. The lowest BCUT2D eigenvalue weighted by atomic mass is 9.98. The summed E-state index contributed by atoms with van der Waals surface area (Å²) in [6, 6.07) is 6.10. The van der Waals surface area contributed by atoms with E-state index in [0.29, 0.717) is 5.91 Å². The van der Waals surface area contributed by atoms with Gasteiger partial charge < -0.3 is 14.6 Å². The number of carbonyl (C=O) groups is 1. The van der Waals surface area contributed by atoms with Crippen LogP contribution in [0.4, 0.5) is 0 Å². The minimum atomic E-state index is 0.192. The number of hydrogen-bond donors (Lipinski definition) is 1. The van der Waals surface area contributed by atoms with Crippen molar-refractivity contribution in [1.29, 1.82) is 0 Å². The van der Waals surface area contributed by atoms with Crippen LogP contribution in [0.25, 0.3) is 16.5 Å². The highest BCUT2D eigenvalue weighted by molar-refractivity contribution is 8.00. The zero-order chi connectivity index (χ0) is 16.5. The number of fused-ring (bicyclic) bond motifs is 1. The van der Waals surface area contributed by atoms with Gasteiger partial charge in [0, 0.05) is 35.8 Å². The van der Waals surface area contributed by atoms with E-state index in [-0.39, 0.29) is 5.25 Å². The molecule has 2 aliphatic rings. The Morgan fingerprint density at radius 3 is 3.04 bits per heavy atom. The monoisotopic (exact) mass is 342 g/mol. The third kappa shape index (κ3) is 2.81. The molecule has 126 valence electrons. The number of aromatic amines is 1. The molecule has 0 bridgehead atoms. The second kappa shape index (κ2) is 6.55. The van der Waals surface area contributed by atoms with E-state index in [1.165, 1.54) is 22.9 Å². The molecule has 4 nitrogen and oxygen atoms in total. The average Bonchev–Trinajstić information content (AvgIpc) is 3.30. The second-order valence-corrected chi connectivity index (χ2v) is 7.69. The maximum absolute atomic E-state index is 12.5. The number of amides is 1. The topological polar surface area (TPSA) is 45.3 Å². The van der Waals surface area contributed by atoms with Gasteiger partial charge in [0.15, 0.2) is 0 Å². The Kier molecular flexibility index (Phi) is 4.27. The van der Waals surface area contributed by atoms with E-state index in [2.05, 4.69) is 23.3 Å². The highest BCUT2D eigenvalue weighted by Crippen LogP contribution is 2.33. The first kappa shape index (κ1) is 15.6. The Morgan fingerprint density at radius 1 is 1.42 bits per heavy atom. The molecule has 0 aliphatic carbocycles. The molecule has 1 fully saturated rings. The summed E-state index contributed by atoms with van der Waals surface area (Å²) in [6.45, 7) is 1.54. The minimum Gasteiger partial charge on any atom is -0.497 e. The summed E-state index contributed by atoms with van der Waals surface area (Å²) in [5, 5.41) is 1.38. The molecule has 1 aromatic heterocycles. The van der Waals surface area contributed by atoms with E-state index in [9.17, 15) is 4.79 Å². The number of carbonyl (C=O) groups excluding carboxylic acids is 1. The van der Waals surface area contributed by atoms with E-state index in [1.807, 2.05) is 28.8 Å². The van der Waals surface area contributed by atoms with Gasteiger partial charge in [0.1, 0.15) is 5.75 Å². The Labute approximate surface area is 146 Å². The van der Waals surface area contributed by atoms with Crippen molar-refractivity contribution in [3.05, 3.63) is 36.0 Å². The fourth-order valence-electron chi connectivity index (χ4n) is 3.58. The highest BCUT2D eigenvalue weighted by atomic mass is 32.2. The normalized spacial score (nSPS) is 21.1. The van der Waals surface area contributed by atoms with Gasteiger partial charge in [-0.1, -0.05) is 6.08 Å². The lowest BCUT2D eigenvalue weighted by Crippen LogP contribution is -2.39. The molecule has 1 N–H and O–H groups in total. The second-order valence-electron chi connectivity index (χ2n) is 6.38. The molecule has 0 unspecified atom stereocenters. The van der Waals surface area contributed by atoms with Crippen LogP contribution in [0.1, 0.15) is 24.8 Å². The van der Waals surface area contributed by atoms with Gasteiger partial charge in [-0.2, -0.15) is 0 Å². The number of rotatable bonds is 3. The largest absolute Gasteiger partial charge is 0.497 e. The summed E-state index contributed by atoms with van der Waals surface area (Å²) in [5.74, 6) is 2.32. The van der Waals surface area contributed by atoms with Crippen LogP contribution in [0.5, 0.6) is 5.75 Å². The summed E-state index contributed by atoms with van der Waals surface area (Å²) in [5.41, 5.74) is 3.66. The number of methoxy groups -OCH3 is 1. The quantitative estimate of drug-likeness (QED) is 0.925. The number of thioether (sulfide) groups is 1. The molecule has 5 heteroatoms. The smallest absolute Gasteiger partial charge is 0.235 e. The predicted octanol–water partition coefficient (Wildman–Crippen LogP) is 3.69. The summed E-state index contributed by atoms with van der Waals surface area (Å²) < 4.78 is 5.35. The van der Waals surface area contributed by atoms with Crippen molar-refractivity contribution >= 4 is 34.1 Å². The molecule has 0 radical (unpaired) electrons. The lowest BCUT2D eigenvalue weighted by molar-refractivity contribution is -0.130. The standard InChI is InChI=1S/C19H22N2O2S/c1-23-14-4-5-17-15(11-14)16(12-20-17)13-6-8-21(9-7-13)19(22)18-3-2-10-24-18/h4-6,11-12,18,20H,2-3,7-10H2,1H3/t18-/m1/s1. The van der Waals surface area contributed by atoms with Gasteiger partial charge in [0.05, 0.1) is 12.4 Å². The van der Waals surface area contributed by atoms with Crippen molar-refractivity contribution in [2.45, 2.75) is 24.5 Å². The molecule has 2 aliphatic heterocycles. The van der Waals surface area contributed by atoms with Crippen molar-refractivity contribution < 1.29 is 9.53 Å². The molecule has 0 spiro atoms. The predicted molar refractivity (Wildman–Crippen MR) is 99.5 cm³/mol. The van der Waals surface area contributed by atoms with Crippen LogP contribution in [-0.2, 0) is 4.79 Å². The number of nitrogens with one attached hydrogen (secondary N) is 1. The minimum absolute atomic E-state index is 0.192. The van der Waals surface area contributed by atoms with Gasteiger partial charge in [-0.15, -0.1) is 11.8 Å². The van der Waals surface area contributed by atoms with Crippen molar-refractivity contribution in [2.75, 3.05) is 26.0 Å². The van der Waals surface area contributed by atoms with E-state index >= 15 is 0 Å². The number of hydrogen-bond acceptors (Lipinski definition) is 3. The highest BCUT2D eigenvalue weighted by Gasteiger charge is 2.29. The molecular formula is C19H22N2O2S. The number of H-pyrrole nitrogens is 1. The van der Waals surface area contributed by atoms with Crippen molar-refractivity contribution in [1.82, 2.24) is 9.88 Å². The van der Waals surface area contributed by atoms with Crippen LogP contribution in [0, 0.1) is 0 Å².